The lowest BCUT2D eigenvalue weighted by atomic mass is 9.79. The van der Waals surface area contributed by atoms with Crippen LogP contribution < -0.4 is 0 Å². The molecular weight excluding hydrogens is 378 g/mol. The van der Waals surface area contributed by atoms with Crippen molar-refractivity contribution in [3.8, 4) is 0 Å². The van der Waals surface area contributed by atoms with E-state index in [4.69, 9.17) is 9.47 Å². The minimum atomic E-state index is -1.31. The molecule has 1 aliphatic heterocycles. The van der Waals surface area contributed by atoms with E-state index < -0.39 is 23.1 Å². The van der Waals surface area contributed by atoms with Crippen molar-refractivity contribution in [2.24, 2.45) is 5.92 Å². The largest absolute Gasteiger partial charge is 0.468 e. The van der Waals surface area contributed by atoms with Gasteiger partial charge in [-0.1, -0.05) is 0 Å². The first kappa shape index (κ1) is 19.4. The maximum Gasteiger partial charge on any atom is 0.316 e. The van der Waals surface area contributed by atoms with Crippen molar-refractivity contribution in [3.05, 3.63) is 10.2 Å². The van der Waals surface area contributed by atoms with Gasteiger partial charge in [-0.25, -0.2) is 0 Å². The predicted octanol–water partition coefficient (Wildman–Crippen LogP) is 2.00. The van der Waals surface area contributed by atoms with Crippen molar-refractivity contribution in [1.82, 2.24) is 4.90 Å². The highest BCUT2D eigenvalue weighted by molar-refractivity contribution is 9.12. The van der Waals surface area contributed by atoms with Crippen molar-refractivity contribution >= 4 is 27.7 Å². The molecule has 2 rings (SSSR count). The number of carbonyl (C=O) groups is 2. The third-order valence-electron chi connectivity index (χ3n) is 5.21. The Morgan fingerprint density at radius 3 is 2.58 bits per heavy atom. The molecule has 0 unspecified atom stereocenters. The summed E-state index contributed by atoms with van der Waals surface area (Å²) in [7, 11) is 2.91. The van der Waals surface area contributed by atoms with E-state index in [1.54, 1.807) is 14.0 Å². The van der Waals surface area contributed by atoms with Gasteiger partial charge in [0.2, 0.25) is 0 Å². The Labute approximate surface area is 151 Å². The van der Waals surface area contributed by atoms with E-state index in [2.05, 4.69) is 20.8 Å². The summed E-state index contributed by atoms with van der Waals surface area (Å²) in [6.07, 6.45) is 1.88. The van der Waals surface area contributed by atoms with Crippen molar-refractivity contribution in [1.29, 1.82) is 0 Å². The molecule has 0 bridgehead atoms. The maximum absolute atomic E-state index is 12.6. The fourth-order valence-electron chi connectivity index (χ4n) is 3.75. The average Bonchev–Trinajstić information content (AvgIpc) is 2.99. The second-order valence-corrected chi connectivity index (χ2v) is 8.03. The monoisotopic (exact) mass is 403 g/mol. The molecule has 24 heavy (non-hydrogen) atoms. The van der Waals surface area contributed by atoms with Crippen molar-refractivity contribution in [3.63, 3.8) is 0 Å². The van der Waals surface area contributed by atoms with Gasteiger partial charge in [0, 0.05) is 20.1 Å². The number of esters is 1. The van der Waals surface area contributed by atoms with E-state index in [1.807, 2.05) is 13.8 Å². The normalized spacial score (nSPS) is 31.6. The lowest BCUT2D eigenvalue weighted by Gasteiger charge is -2.45. The molecule has 0 amide bonds. The van der Waals surface area contributed by atoms with Gasteiger partial charge in [0.15, 0.2) is 5.78 Å². The zero-order chi connectivity index (χ0) is 18.3. The summed E-state index contributed by atoms with van der Waals surface area (Å²) >= 11 is 3.34. The number of ketones is 1. The molecule has 1 fully saturated rings. The van der Waals surface area contributed by atoms with Crippen molar-refractivity contribution < 1.29 is 24.2 Å². The Hall–Kier alpha value is -0.920. The van der Waals surface area contributed by atoms with E-state index in [9.17, 15) is 14.7 Å². The third kappa shape index (κ3) is 3.26. The Morgan fingerprint density at radius 2 is 2.04 bits per heavy atom. The van der Waals surface area contributed by atoms with Crippen LogP contribution in [-0.2, 0) is 19.1 Å². The van der Waals surface area contributed by atoms with Crippen LogP contribution in [-0.4, -0.2) is 59.8 Å². The highest BCUT2D eigenvalue weighted by atomic mass is 79.9. The van der Waals surface area contributed by atoms with Crippen LogP contribution >= 0.6 is 15.9 Å². The number of ether oxygens (including phenoxy) is 2. The summed E-state index contributed by atoms with van der Waals surface area (Å²) < 4.78 is 10.6. The summed E-state index contributed by atoms with van der Waals surface area (Å²) in [4.78, 5) is 26.6. The van der Waals surface area contributed by atoms with Crippen LogP contribution in [0.1, 0.15) is 40.0 Å². The smallest absolute Gasteiger partial charge is 0.316 e. The summed E-state index contributed by atoms with van der Waals surface area (Å²) in [5.74, 6) is -1.95. The first-order valence-electron chi connectivity index (χ1n) is 8.13. The number of halogens is 1. The molecule has 136 valence electrons. The number of carbonyl (C=O) groups excluding carboxylic acids is 2. The molecule has 1 heterocycles. The van der Waals surface area contributed by atoms with Gasteiger partial charge < -0.3 is 19.5 Å². The molecule has 7 heteroatoms. The average molecular weight is 404 g/mol. The predicted molar refractivity (Wildman–Crippen MR) is 92.5 cm³/mol. The number of nitrogens with zero attached hydrogens (tertiary/aromatic N) is 1. The first-order chi connectivity index (χ1) is 11.1. The van der Waals surface area contributed by atoms with Crippen molar-refractivity contribution in [2.75, 3.05) is 20.8 Å². The number of Topliss-reactive ketones (excluding diaryl/α,β-unsaturated/α-hetero) is 1. The first-order valence-corrected chi connectivity index (χ1v) is 8.92. The quantitative estimate of drug-likeness (QED) is 0.571. The number of rotatable bonds is 4. The standard InChI is InChI=1S/C17H26BrNO5/c1-16(2,24-5)11-7-6-8-19(11)14-12(18)13(20)10(15(21)23-4)9-17(14,3)22/h10-11,22H,6-9H2,1-5H3/t10-,11-,17-/m0/s1. The van der Waals surface area contributed by atoms with Gasteiger partial charge in [0.05, 0.1) is 28.9 Å². The molecule has 0 aromatic rings. The van der Waals surface area contributed by atoms with Crippen LogP contribution in [0.3, 0.4) is 0 Å². The fourth-order valence-corrected chi connectivity index (χ4v) is 4.69. The van der Waals surface area contributed by atoms with Gasteiger partial charge in [0.25, 0.3) is 0 Å². The molecule has 0 saturated carbocycles. The Bertz CT molecular complexity index is 569. The molecule has 0 radical (unpaired) electrons. The summed E-state index contributed by atoms with van der Waals surface area (Å²) in [6, 6.07) is 0.0407. The molecule has 0 aromatic heterocycles. The van der Waals surface area contributed by atoms with Gasteiger partial charge in [0.1, 0.15) is 11.5 Å². The molecule has 3 atom stereocenters. The third-order valence-corrected chi connectivity index (χ3v) is 5.97. The van der Waals surface area contributed by atoms with Crippen LogP contribution in [0, 0.1) is 5.92 Å². The van der Waals surface area contributed by atoms with Gasteiger partial charge in [-0.2, -0.15) is 0 Å². The highest BCUT2D eigenvalue weighted by Gasteiger charge is 2.50. The molecule has 1 saturated heterocycles. The molecule has 1 aliphatic carbocycles. The molecule has 0 aromatic carbocycles. The zero-order valence-electron chi connectivity index (χ0n) is 14.9. The van der Waals surface area contributed by atoms with Gasteiger partial charge in [-0.3, -0.25) is 9.59 Å². The molecule has 0 spiro atoms. The second kappa shape index (κ2) is 6.77. The topological polar surface area (TPSA) is 76.1 Å². The second-order valence-electron chi connectivity index (χ2n) is 7.24. The Morgan fingerprint density at radius 1 is 1.42 bits per heavy atom. The fraction of sp³-hybridized carbons (Fsp3) is 0.765. The zero-order valence-corrected chi connectivity index (χ0v) is 16.5. The SMILES string of the molecule is COC(=O)[C@H]1C[C@](C)(O)C(N2CCC[C@H]2C(C)(C)OC)=C(Br)C1=O. The summed E-state index contributed by atoms with van der Waals surface area (Å²) in [6.45, 7) is 6.37. The van der Waals surface area contributed by atoms with E-state index in [0.717, 1.165) is 19.4 Å². The van der Waals surface area contributed by atoms with Crippen LogP contribution in [0.5, 0.6) is 0 Å². The van der Waals surface area contributed by atoms with E-state index in [-0.39, 0.29) is 22.7 Å². The van der Waals surface area contributed by atoms with Crippen LogP contribution in [0.15, 0.2) is 10.2 Å². The van der Waals surface area contributed by atoms with E-state index >= 15 is 0 Å². The number of allylic oxidation sites excluding steroid dienone is 1. The Balaban J connectivity index is 2.46. The van der Waals surface area contributed by atoms with Crippen LogP contribution in [0.25, 0.3) is 0 Å². The number of methoxy groups -OCH3 is 2. The van der Waals surface area contributed by atoms with Gasteiger partial charge >= 0.3 is 5.97 Å². The molecule has 6 nitrogen and oxygen atoms in total. The minimum absolute atomic E-state index is 0.0135. The molecule has 2 aliphatic rings. The summed E-state index contributed by atoms with van der Waals surface area (Å²) in [5.41, 5.74) is -1.19. The van der Waals surface area contributed by atoms with E-state index in [1.165, 1.54) is 7.11 Å². The van der Waals surface area contributed by atoms with Gasteiger partial charge in [-0.05, 0) is 49.5 Å². The Kier molecular flexibility index (Phi) is 5.47. The van der Waals surface area contributed by atoms with Crippen LogP contribution in [0.4, 0.5) is 0 Å². The van der Waals surface area contributed by atoms with Crippen molar-refractivity contribution in [2.45, 2.75) is 57.3 Å². The van der Waals surface area contributed by atoms with Gasteiger partial charge in [-0.15, -0.1) is 0 Å². The minimum Gasteiger partial charge on any atom is -0.468 e. The number of hydrogen-bond donors (Lipinski definition) is 1. The lowest BCUT2D eigenvalue weighted by molar-refractivity contribution is -0.152. The number of likely N-dealkylation sites (tertiary alicyclic amines) is 1. The molecular formula is C17H26BrNO5. The number of aliphatic hydroxyl groups is 1. The molecule has 1 N–H and O–H groups in total. The van der Waals surface area contributed by atoms with E-state index in [0.29, 0.717) is 5.70 Å². The summed E-state index contributed by atoms with van der Waals surface area (Å²) in [5, 5.41) is 11.0. The van der Waals surface area contributed by atoms with Crippen LogP contribution in [0.2, 0.25) is 0 Å². The lowest BCUT2D eigenvalue weighted by Crippen LogP contribution is -2.53. The highest BCUT2D eigenvalue weighted by Crippen LogP contribution is 2.44. The maximum atomic E-state index is 12.6. The number of hydrogen-bond acceptors (Lipinski definition) is 6.